The lowest BCUT2D eigenvalue weighted by Gasteiger charge is -2.06. The fourth-order valence-electron chi connectivity index (χ4n) is 2.04. The van der Waals surface area contributed by atoms with Crippen LogP contribution in [0, 0.1) is 4.77 Å². The Kier molecular flexibility index (Phi) is 3.64. The summed E-state index contributed by atoms with van der Waals surface area (Å²) in [6.45, 7) is 0.125. The van der Waals surface area contributed by atoms with E-state index >= 15 is 0 Å². The molecule has 2 heterocycles. The maximum atomic E-state index is 12.1. The summed E-state index contributed by atoms with van der Waals surface area (Å²) < 4.78 is 11.7. The van der Waals surface area contributed by atoms with E-state index in [0.29, 0.717) is 21.2 Å². The summed E-state index contributed by atoms with van der Waals surface area (Å²) in [5, 5.41) is 0.461. The Morgan fingerprint density at radius 2 is 2.23 bits per heavy atom. The van der Waals surface area contributed by atoms with E-state index in [1.165, 1.54) is 17.1 Å². The molecule has 2 aromatic heterocycles. The number of H-pyrrole nitrogens is 1. The Labute approximate surface area is 130 Å². The number of carbonyl (C=O) groups is 1. The zero-order valence-electron chi connectivity index (χ0n) is 11.7. The standard InChI is InChI=1S/C15H12N2O4S/c1-17-13(18)11-3-2-10(6-12(11)16-15(17)22)14(19)21-8-9-4-5-20-7-9/h2-7H,8H2,1H3,(H,16,22). The molecule has 6 nitrogen and oxygen atoms in total. The fourth-order valence-corrected chi connectivity index (χ4v) is 2.23. The van der Waals surface area contributed by atoms with Crippen molar-refractivity contribution in [2.24, 2.45) is 7.05 Å². The maximum Gasteiger partial charge on any atom is 0.338 e. The van der Waals surface area contributed by atoms with Crippen LogP contribution in [0.2, 0.25) is 0 Å². The highest BCUT2D eigenvalue weighted by molar-refractivity contribution is 7.71. The predicted molar refractivity (Wildman–Crippen MR) is 82.2 cm³/mol. The number of nitrogens with zero attached hydrogens (tertiary/aromatic N) is 1. The normalized spacial score (nSPS) is 10.8. The summed E-state index contributed by atoms with van der Waals surface area (Å²) >= 11 is 5.06. The van der Waals surface area contributed by atoms with Crippen LogP contribution in [0.4, 0.5) is 0 Å². The lowest BCUT2D eigenvalue weighted by Crippen LogP contribution is -2.19. The first-order valence-electron chi connectivity index (χ1n) is 6.47. The minimum atomic E-state index is -0.483. The zero-order valence-corrected chi connectivity index (χ0v) is 12.5. The average molecular weight is 316 g/mol. The number of hydrogen-bond donors (Lipinski definition) is 1. The van der Waals surface area contributed by atoms with E-state index in [9.17, 15) is 9.59 Å². The second-order valence-electron chi connectivity index (χ2n) is 4.76. The van der Waals surface area contributed by atoms with Crippen LogP contribution < -0.4 is 5.56 Å². The number of aromatic nitrogens is 2. The molecule has 0 amide bonds. The molecule has 7 heteroatoms. The number of esters is 1. The Morgan fingerprint density at radius 1 is 1.41 bits per heavy atom. The molecule has 0 fully saturated rings. The smallest absolute Gasteiger partial charge is 0.338 e. The molecule has 0 atom stereocenters. The fraction of sp³-hybridized carbons (Fsp3) is 0.133. The molecule has 0 unspecified atom stereocenters. The van der Waals surface area contributed by atoms with Crippen molar-refractivity contribution in [2.75, 3.05) is 0 Å². The number of benzene rings is 1. The van der Waals surface area contributed by atoms with Gasteiger partial charge in [-0.3, -0.25) is 9.36 Å². The predicted octanol–water partition coefficient (Wildman–Crippen LogP) is 2.55. The number of nitrogens with one attached hydrogen (secondary N) is 1. The molecule has 0 aliphatic rings. The summed E-state index contributed by atoms with van der Waals surface area (Å²) in [5.41, 5.74) is 1.40. The minimum absolute atomic E-state index is 0.125. The third-order valence-corrected chi connectivity index (χ3v) is 3.66. The van der Waals surface area contributed by atoms with Crippen molar-refractivity contribution in [3.63, 3.8) is 0 Å². The molecule has 3 aromatic rings. The molecular weight excluding hydrogens is 304 g/mol. The van der Waals surface area contributed by atoms with Crippen LogP contribution >= 0.6 is 12.2 Å². The Balaban J connectivity index is 1.91. The van der Waals surface area contributed by atoms with Crippen LogP contribution in [-0.4, -0.2) is 15.5 Å². The van der Waals surface area contributed by atoms with Gasteiger partial charge in [0.1, 0.15) is 6.61 Å². The van der Waals surface area contributed by atoms with Crippen molar-refractivity contribution < 1.29 is 13.9 Å². The van der Waals surface area contributed by atoms with Crippen molar-refractivity contribution in [1.82, 2.24) is 9.55 Å². The van der Waals surface area contributed by atoms with E-state index in [1.54, 1.807) is 31.3 Å². The summed E-state index contributed by atoms with van der Waals surface area (Å²) in [6, 6.07) is 6.41. The number of aromatic amines is 1. The van der Waals surface area contributed by atoms with Gasteiger partial charge < -0.3 is 14.1 Å². The highest BCUT2D eigenvalue weighted by Gasteiger charge is 2.11. The molecule has 1 N–H and O–H groups in total. The summed E-state index contributed by atoms with van der Waals surface area (Å²) in [5.74, 6) is -0.483. The summed E-state index contributed by atoms with van der Waals surface area (Å²) in [6.07, 6.45) is 3.02. The molecule has 3 rings (SSSR count). The Hall–Kier alpha value is -2.67. The summed E-state index contributed by atoms with van der Waals surface area (Å²) in [7, 11) is 1.59. The van der Waals surface area contributed by atoms with Gasteiger partial charge in [0.25, 0.3) is 5.56 Å². The van der Waals surface area contributed by atoms with Crippen LogP contribution in [0.5, 0.6) is 0 Å². The summed E-state index contributed by atoms with van der Waals surface area (Å²) in [4.78, 5) is 27.0. The molecule has 1 aromatic carbocycles. The van der Waals surface area contributed by atoms with Crippen LogP contribution in [0.3, 0.4) is 0 Å². The number of ether oxygens (including phenoxy) is 1. The molecule has 112 valence electrons. The molecule has 0 aliphatic heterocycles. The van der Waals surface area contributed by atoms with Gasteiger partial charge in [-0.1, -0.05) is 0 Å². The van der Waals surface area contributed by atoms with E-state index in [1.807, 2.05) is 0 Å². The van der Waals surface area contributed by atoms with Crippen LogP contribution in [-0.2, 0) is 18.4 Å². The minimum Gasteiger partial charge on any atom is -0.472 e. The number of hydrogen-bond acceptors (Lipinski definition) is 5. The number of rotatable bonds is 3. The quantitative estimate of drug-likeness (QED) is 0.593. The third-order valence-electron chi connectivity index (χ3n) is 3.29. The van der Waals surface area contributed by atoms with Gasteiger partial charge in [0.05, 0.1) is 29.0 Å². The molecule has 0 spiro atoms. The average Bonchev–Trinajstić information content (AvgIpc) is 3.03. The Bertz CT molecular complexity index is 954. The maximum absolute atomic E-state index is 12.1. The lowest BCUT2D eigenvalue weighted by molar-refractivity contribution is 0.0472. The van der Waals surface area contributed by atoms with Gasteiger partial charge in [-0.2, -0.15) is 0 Å². The zero-order chi connectivity index (χ0) is 15.7. The number of fused-ring (bicyclic) bond motifs is 1. The van der Waals surface area contributed by atoms with Gasteiger partial charge in [-0.25, -0.2) is 4.79 Å². The Morgan fingerprint density at radius 3 is 2.95 bits per heavy atom. The van der Waals surface area contributed by atoms with E-state index < -0.39 is 5.97 Å². The number of carbonyl (C=O) groups excluding carboxylic acids is 1. The van der Waals surface area contributed by atoms with Crippen molar-refractivity contribution in [3.8, 4) is 0 Å². The van der Waals surface area contributed by atoms with Crippen LogP contribution in [0.15, 0.2) is 46.0 Å². The van der Waals surface area contributed by atoms with Crippen LogP contribution in [0.25, 0.3) is 10.9 Å². The second kappa shape index (κ2) is 5.61. The second-order valence-corrected chi connectivity index (χ2v) is 5.15. The van der Waals surface area contributed by atoms with Crippen molar-refractivity contribution >= 4 is 29.1 Å². The molecule has 0 saturated carbocycles. The SMILES string of the molecule is Cn1c(=S)[nH]c2cc(C(=O)OCc3ccoc3)ccc2c1=O. The third kappa shape index (κ3) is 2.58. The lowest BCUT2D eigenvalue weighted by atomic mass is 10.1. The monoisotopic (exact) mass is 316 g/mol. The van der Waals surface area contributed by atoms with E-state index in [4.69, 9.17) is 21.4 Å². The topological polar surface area (TPSA) is 77.2 Å². The molecule has 0 radical (unpaired) electrons. The first-order valence-corrected chi connectivity index (χ1v) is 6.88. The highest BCUT2D eigenvalue weighted by Crippen LogP contribution is 2.12. The van der Waals surface area contributed by atoms with Gasteiger partial charge in [-0.05, 0) is 36.5 Å². The number of furan rings is 1. The first-order chi connectivity index (χ1) is 10.6. The largest absolute Gasteiger partial charge is 0.472 e. The molecule has 0 bridgehead atoms. The highest BCUT2D eigenvalue weighted by atomic mass is 32.1. The van der Waals surface area contributed by atoms with Gasteiger partial charge in [0, 0.05) is 12.6 Å². The van der Waals surface area contributed by atoms with Gasteiger partial charge in [0.15, 0.2) is 4.77 Å². The van der Waals surface area contributed by atoms with Crippen LogP contribution in [0.1, 0.15) is 15.9 Å². The van der Waals surface area contributed by atoms with E-state index in [0.717, 1.165) is 5.56 Å². The first kappa shape index (κ1) is 14.3. The van der Waals surface area contributed by atoms with Gasteiger partial charge in [-0.15, -0.1) is 0 Å². The van der Waals surface area contributed by atoms with Crippen molar-refractivity contribution in [2.45, 2.75) is 6.61 Å². The molecule has 0 aliphatic carbocycles. The van der Waals surface area contributed by atoms with Gasteiger partial charge >= 0.3 is 5.97 Å². The molecule has 22 heavy (non-hydrogen) atoms. The van der Waals surface area contributed by atoms with Gasteiger partial charge in [0.2, 0.25) is 0 Å². The van der Waals surface area contributed by atoms with Crippen molar-refractivity contribution in [3.05, 3.63) is 63.0 Å². The van der Waals surface area contributed by atoms with E-state index in [2.05, 4.69) is 4.98 Å². The van der Waals surface area contributed by atoms with E-state index in [-0.39, 0.29) is 12.2 Å². The van der Waals surface area contributed by atoms with Crippen molar-refractivity contribution in [1.29, 1.82) is 0 Å². The molecular formula is C15H12N2O4S. The molecule has 0 saturated heterocycles.